The van der Waals surface area contributed by atoms with E-state index in [1.165, 1.54) is 6.42 Å². The Hall–Kier alpha value is -1.07. The van der Waals surface area contributed by atoms with Crippen LogP contribution in [0.1, 0.15) is 32.9 Å². The average Bonchev–Trinajstić information content (AvgIpc) is 2.95. The molecule has 0 bridgehead atoms. The number of imidazole rings is 1. The summed E-state index contributed by atoms with van der Waals surface area (Å²) < 4.78 is 7.44. The molecule has 2 rings (SSSR count). The number of nitrogens with zero attached hydrogens (tertiary/aromatic N) is 2. The number of ether oxygens (including phenoxy) is 1. The second-order valence-electron chi connectivity index (χ2n) is 4.68. The van der Waals surface area contributed by atoms with Gasteiger partial charge in [-0.15, -0.1) is 11.3 Å². The van der Waals surface area contributed by atoms with Crippen molar-refractivity contribution >= 4 is 16.3 Å². The number of rotatable bonds is 6. The first-order valence-electron chi connectivity index (χ1n) is 6.39. The first-order chi connectivity index (χ1) is 8.67. The molecule has 0 radical (unpaired) electrons. The van der Waals surface area contributed by atoms with Gasteiger partial charge in [-0.1, -0.05) is 20.3 Å². The van der Waals surface area contributed by atoms with E-state index in [9.17, 15) is 0 Å². The SMILES string of the molecule is CCC(C)C(C)NCc1c(OC)nc2sccn12. The fourth-order valence-corrected chi connectivity index (χ4v) is 2.67. The van der Waals surface area contributed by atoms with Gasteiger partial charge in [-0.2, -0.15) is 4.98 Å². The summed E-state index contributed by atoms with van der Waals surface area (Å²) >= 11 is 1.63. The van der Waals surface area contributed by atoms with E-state index < -0.39 is 0 Å². The topological polar surface area (TPSA) is 38.6 Å². The van der Waals surface area contributed by atoms with Gasteiger partial charge in [0.1, 0.15) is 5.69 Å². The van der Waals surface area contributed by atoms with Gasteiger partial charge in [-0.3, -0.25) is 4.40 Å². The predicted octanol–water partition coefficient (Wildman–Crippen LogP) is 2.93. The third kappa shape index (κ3) is 2.52. The second kappa shape index (κ2) is 5.71. The zero-order chi connectivity index (χ0) is 13.1. The Balaban J connectivity index is 2.12. The van der Waals surface area contributed by atoms with Crippen molar-refractivity contribution in [3.05, 3.63) is 17.3 Å². The van der Waals surface area contributed by atoms with Crippen LogP contribution in [0.25, 0.3) is 4.96 Å². The van der Waals surface area contributed by atoms with Crippen LogP contribution in [0.3, 0.4) is 0 Å². The summed E-state index contributed by atoms with van der Waals surface area (Å²) in [4.78, 5) is 5.44. The Kier molecular flexibility index (Phi) is 4.24. The van der Waals surface area contributed by atoms with Gasteiger partial charge in [0.2, 0.25) is 5.88 Å². The predicted molar refractivity (Wildman–Crippen MR) is 75.4 cm³/mol. The van der Waals surface area contributed by atoms with Crippen molar-refractivity contribution in [1.29, 1.82) is 0 Å². The van der Waals surface area contributed by atoms with Crippen molar-refractivity contribution in [3.63, 3.8) is 0 Å². The zero-order valence-electron chi connectivity index (χ0n) is 11.4. The number of hydrogen-bond donors (Lipinski definition) is 1. The lowest BCUT2D eigenvalue weighted by Crippen LogP contribution is -2.31. The number of thiazole rings is 1. The molecule has 0 aliphatic carbocycles. The highest BCUT2D eigenvalue weighted by molar-refractivity contribution is 7.15. The van der Waals surface area contributed by atoms with Gasteiger partial charge in [-0.05, 0) is 12.8 Å². The molecule has 2 heterocycles. The third-order valence-corrected chi connectivity index (χ3v) is 4.36. The van der Waals surface area contributed by atoms with Crippen LogP contribution in [0.5, 0.6) is 5.88 Å². The number of nitrogens with one attached hydrogen (secondary N) is 1. The summed E-state index contributed by atoms with van der Waals surface area (Å²) in [6.07, 6.45) is 3.23. The average molecular weight is 267 g/mol. The molecule has 0 saturated heterocycles. The quantitative estimate of drug-likeness (QED) is 0.874. The minimum Gasteiger partial charge on any atom is -0.480 e. The van der Waals surface area contributed by atoms with Crippen molar-refractivity contribution in [3.8, 4) is 5.88 Å². The zero-order valence-corrected chi connectivity index (χ0v) is 12.3. The third-order valence-electron chi connectivity index (χ3n) is 3.61. The maximum atomic E-state index is 5.34. The van der Waals surface area contributed by atoms with Crippen molar-refractivity contribution < 1.29 is 4.74 Å². The maximum absolute atomic E-state index is 5.34. The maximum Gasteiger partial charge on any atom is 0.237 e. The molecule has 18 heavy (non-hydrogen) atoms. The Bertz CT molecular complexity index is 505. The van der Waals surface area contributed by atoms with Gasteiger partial charge in [0.05, 0.1) is 7.11 Å². The van der Waals surface area contributed by atoms with E-state index >= 15 is 0 Å². The minimum atomic E-state index is 0.490. The summed E-state index contributed by atoms with van der Waals surface area (Å²) in [5, 5.41) is 5.60. The van der Waals surface area contributed by atoms with Crippen LogP contribution in [-0.4, -0.2) is 22.5 Å². The van der Waals surface area contributed by atoms with E-state index in [0.717, 1.165) is 23.1 Å². The van der Waals surface area contributed by atoms with Gasteiger partial charge in [0, 0.05) is 24.2 Å². The van der Waals surface area contributed by atoms with Crippen LogP contribution in [-0.2, 0) is 6.54 Å². The molecule has 0 aliphatic heterocycles. The molecule has 1 N–H and O–H groups in total. The van der Waals surface area contributed by atoms with Crippen LogP contribution in [0, 0.1) is 5.92 Å². The Morgan fingerprint density at radius 3 is 2.94 bits per heavy atom. The molecule has 2 aromatic heterocycles. The van der Waals surface area contributed by atoms with Crippen LogP contribution in [0.4, 0.5) is 0 Å². The standard InChI is InChI=1S/C13H21N3OS/c1-5-9(2)10(3)14-8-11-12(17-4)15-13-16(11)6-7-18-13/h6-7,9-10,14H,5,8H2,1-4H3. The van der Waals surface area contributed by atoms with Gasteiger partial charge < -0.3 is 10.1 Å². The first-order valence-corrected chi connectivity index (χ1v) is 7.27. The molecule has 0 fully saturated rings. The number of hydrogen-bond acceptors (Lipinski definition) is 4. The Morgan fingerprint density at radius 2 is 2.28 bits per heavy atom. The van der Waals surface area contributed by atoms with E-state index in [0.29, 0.717) is 12.0 Å². The van der Waals surface area contributed by atoms with Crippen molar-refractivity contribution in [2.75, 3.05) is 7.11 Å². The largest absolute Gasteiger partial charge is 0.480 e. The monoisotopic (exact) mass is 267 g/mol. The van der Waals surface area contributed by atoms with Gasteiger partial charge in [0.25, 0.3) is 0 Å². The van der Waals surface area contributed by atoms with Crippen LogP contribution < -0.4 is 10.1 Å². The molecule has 0 spiro atoms. The lowest BCUT2D eigenvalue weighted by Gasteiger charge is -2.19. The summed E-state index contributed by atoms with van der Waals surface area (Å²) in [7, 11) is 1.67. The minimum absolute atomic E-state index is 0.490. The molecule has 2 aromatic rings. The highest BCUT2D eigenvalue weighted by atomic mass is 32.1. The fourth-order valence-electron chi connectivity index (χ4n) is 1.95. The van der Waals surface area contributed by atoms with Crippen molar-refractivity contribution in [2.24, 2.45) is 5.92 Å². The molecule has 2 atom stereocenters. The highest BCUT2D eigenvalue weighted by Gasteiger charge is 2.15. The number of aromatic nitrogens is 2. The molecular formula is C13H21N3OS. The Labute approximate surface area is 112 Å². The molecule has 4 nitrogen and oxygen atoms in total. The van der Waals surface area contributed by atoms with E-state index in [1.807, 2.05) is 11.6 Å². The fraction of sp³-hybridized carbons (Fsp3) is 0.615. The molecular weight excluding hydrogens is 246 g/mol. The first kappa shape index (κ1) is 13.4. The molecule has 0 aliphatic rings. The van der Waals surface area contributed by atoms with E-state index in [-0.39, 0.29) is 0 Å². The van der Waals surface area contributed by atoms with Gasteiger partial charge >= 0.3 is 0 Å². The van der Waals surface area contributed by atoms with Gasteiger partial charge in [-0.25, -0.2) is 0 Å². The van der Waals surface area contributed by atoms with E-state index in [1.54, 1.807) is 18.4 Å². The Morgan fingerprint density at radius 1 is 1.50 bits per heavy atom. The van der Waals surface area contributed by atoms with Crippen LogP contribution in [0.15, 0.2) is 11.6 Å². The number of fused-ring (bicyclic) bond motifs is 1. The summed E-state index contributed by atoms with van der Waals surface area (Å²) in [6, 6.07) is 0.490. The normalized spacial score (nSPS) is 14.9. The van der Waals surface area contributed by atoms with Crippen LogP contribution in [0.2, 0.25) is 0 Å². The summed E-state index contributed by atoms with van der Waals surface area (Å²) in [5.41, 5.74) is 1.10. The molecule has 5 heteroatoms. The van der Waals surface area contributed by atoms with E-state index in [4.69, 9.17) is 4.74 Å². The molecule has 100 valence electrons. The van der Waals surface area contributed by atoms with Gasteiger partial charge in [0.15, 0.2) is 4.96 Å². The van der Waals surface area contributed by atoms with Crippen molar-refractivity contribution in [1.82, 2.24) is 14.7 Å². The second-order valence-corrected chi connectivity index (χ2v) is 5.55. The van der Waals surface area contributed by atoms with E-state index in [2.05, 4.69) is 35.5 Å². The lowest BCUT2D eigenvalue weighted by molar-refractivity contribution is 0.370. The number of methoxy groups -OCH3 is 1. The van der Waals surface area contributed by atoms with Crippen LogP contribution >= 0.6 is 11.3 Å². The molecule has 0 saturated carbocycles. The molecule has 0 amide bonds. The molecule has 2 unspecified atom stereocenters. The summed E-state index contributed by atoms with van der Waals surface area (Å²) in [6.45, 7) is 7.50. The highest BCUT2D eigenvalue weighted by Crippen LogP contribution is 2.23. The lowest BCUT2D eigenvalue weighted by atomic mass is 10.0. The summed E-state index contributed by atoms with van der Waals surface area (Å²) in [5.74, 6) is 1.40. The van der Waals surface area contributed by atoms with Crippen molar-refractivity contribution in [2.45, 2.75) is 39.8 Å². The molecule has 0 aromatic carbocycles. The smallest absolute Gasteiger partial charge is 0.237 e.